The van der Waals surface area contributed by atoms with Gasteiger partial charge in [-0.05, 0) is 25.8 Å². The topological polar surface area (TPSA) is 85.4 Å². The largest absolute Gasteiger partial charge is 0.481 e. The third-order valence-corrected chi connectivity index (χ3v) is 6.97. The maximum atomic E-state index is 12.6. The highest BCUT2D eigenvalue weighted by molar-refractivity contribution is 7.93. The standard InChI is InChI=1S/C16H18N2O4S/c1-16(8-5-9-23(16,20)21)15(19)18-13-10-14(22-2)17-12-7-4-3-6-11(12)13/h3-4,6-7,10H,5,8-9H2,1-2H3,(H,17,18,19). The second-order valence-electron chi connectivity index (χ2n) is 5.84. The predicted molar refractivity (Wildman–Crippen MR) is 88.4 cm³/mol. The molecule has 3 rings (SSSR count). The van der Waals surface area contributed by atoms with E-state index in [4.69, 9.17) is 4.74 Å². The number of para-hydroxylation sites is 1. The molecule has 1 aliphatic heterocycles. The molecule has 0 radical (unpaired) electrons. The Balaban J connectivity index is 2.03. The van der Waals surface area contributed by atoms with Crippen molar-refractivity contribution in [2.24, 2.45) is 0 Å². The van der Waals surface area contributed by atoms with Crippen molar-refractivity contribution in [2.45, 2.75) is 24.5 Å². The number of anilines is 1. The van der Waals surface area contributed by atoms with Gasteiger partial charge in [-0.2, -0.15) is 0 Å². The van der Waals surface area contributed by atoms with E-state index < -0.39 is 20.5 Å². The first kappa shape index (κ1) is 15.7. The molecular weight excluding hydrogens is 316 g/mol. The molecule has 1 N–H and O–H groups in total. The molecule has 6 nitrogen and oxygen atoms in total. The Hall–Kier alpha value is -2.15. The highest BCUT2D eigenvalue weighted by Gasteiger charge is 2.49. The molecule has 23 heavy (non-hydrogen) atoms. The molecule has 1 aromatic heterocycles. The van der Waals surface area contributed by atoms with E-state index in [0.29, 0.717) is 29.9 Å². The van der Waals surface area contributed by atoms with Gasteiger partial charge in [0.05, 0.1) is 24.1 Å². The van der Waals surface area contributed by atoms with E-state index in [9.17, 15) is 13.2 Å². The molecule has 0 aliphatic carbocycles. The number of pyridine rings is 1. The highest BCUT2D eigenvalue weighted by Crippen LogP contribution is 2.34. The molecule has 1 saturated heterocycles. The van der Waals surface area contributed by atoms with Crippen molar-refractivity contribution >= 4 is 32.3 Å². The maximum Gasteiger partial charge on any atom is 0.245 e. The van der Waals surface area contributed by atoms with Crippen LogP contribution in [-0.2, 0) is 14.6 Å². The van der Waals surface area contributed by atoms with E-state index >= 15 is 0 Å². The van der Waals surface area contributed by atoms with Crippen molar-refractivity contribution in [3.63, 3.8) is 0 Å². The van der Waals surface area contributed by atoms with E-state index in [2.05, 4.69) is 10.3 Å². The third-order valence-electron chi connectivity index (χ3n) is 4.38. The summed E-state index contributed by atoms with van der Waals surface area (Å²) in [4.78, 5) is 17.0. The Kier molecular flexibility index (Phi) is 3.75. The second-order valence-corrected chi connectivity index (χ2v) is 8.38. The van der Waals surface area contributed by atoms with E-state index in [1.165, 1.54) is 14.0 Å². The Morgan fingerprint density at radius 2 is 2.09 bits per heavy atom. The minimum absolute atomic E-state index is 0.0529. The van der Waals surface area contributed by atoms with E-state index in [-0.39, 0.29) is 5.75 Å². The lowest BCUT2D eigenvalue weighted by Crippen LogP contribution is -2.44. The Bertz CT molecular complexity index is 879. The number of sulfone groups is 1. The normalized spacial score (nSPS) is 22.9. The summed E-state index contributed by atoms with van der Waals surface area (Å²) in [6, 6.07) is 8.90. The van der Waals surface area contributed by atoms with Gasteiger partial charge in [-0.1, -0.05) is 18.2 Å². The molecule has 1 atom stereocenters. The number of hydrogen-bond donors (Lipinski definition) is 1. The molecule has 0 saturated carbocycles. The molecule has 1 aromatic carbocycles. The van der Waals surface area contributed by atoms with Crippen LogP contribution in [0.15, 0.2) is 30.3 Å². The lowest BCUT2D eigenvalue weighted by Gasteiger charge is -2.22. The summed E-state index contributed by atoms with van der Waals surface area (Å²) in [5.41, 5.74) is 1.17. The van der Waals surface area contributed by atoms with Gasteiger partial charge in [-0.15, -0.1) is 0 Å². The molecule has 122 valence electrons. The highest BCUT2D eigenvalue weighted by atomic mass is 32.2. The van der Waals surface area contributed by atoms with Gasteiger partial charge in [0.25, 0.3) is 0 Å². The molecule has 2 aromatic rings. The van der Waals surface area contributed by atoms with Gasteiger partial charge >= 0.3 is 0 Å². The number of amides is 1. The monoisotopic (exact) mass is 334 g/mol. The average molecular weight is 334 g/mol. The van der Waals surface area contributed by atoms with Gasteiger partial charge < -0.3 is 10.1 Å². The molecule has 1 fully saturated rings. The number of rotatable bonds is 3. The van der Waals surface area contributed by atoms with Crippen LogP contribution in [0.1, 0.15) is 19.8 Å². The van der Waals surface area contributed by atoms with Crippen molar-refractivity contribution in [2.75, 3.05) is 18.2 Å². The summed E-state index contributed by atoms with van der Waals surface area (Å²) in [6.45, 7) is 1.49. The van der Waals surface area contributed by atoms with Gasteiger partial charge in [0, 0.05) is 11.5 Å². The minimum Gasteiger partial charge on any atom is -0.481 e. The van der Waals surface area contributed by atoms with E-state index in [1.54, 1.807) is 6.07 Å². The van der Waals surface area contributed by atoms with Gasteiger partial charge in [-0.3, -0.25) is 4.79 Å². The zero-order chi connectivity index (χ0) is 16.7. The first-order chi connectivity index (χ1) is 10.9. The van der Waals surface area contributed by atoms with Gasteiger partial charge in [0.2, 0.25) is 11.8 Å². The number of aromatic nitrogens is 1. The van der Waals surface area contributed by atoms with Gasteiger partial charge in [0.15, 0.2) is 9.84 Å². The van der Waals surface area contributed by atoms with Crippen molar-refractivity contribution in [1.29, 1.82) is 0 Å². The Morgan fingerprint density at radius 3 is 2.74 bits per heavy atom. The van der Waals surface area contributed by atoms with Crippen molar-refractivity contribution in [3.8, 4) is 5.88 Å². The van der Waals surface area contributed by atoms with E-state index in [0.717, 1.165) is 5.39 Å². The van der Waals surface area contributed by atoms with Crippen LogP contribution < -0.4 is 10.1 Å². The third kappa shape index (κ3) is 2.55. The number of benzene rings is 1. The summed E-state index contributed by atoms with van der Waals surface area (Å²) < 4.78 is 28.2. The first-order valence-corrected chi connectivity index (χ1v) is 9.00. The van der Waals surface area contributed by atoms with Crippen molar-refractivity contribution in [3.05, 3.63) is 30.3 Å². The lowest BCUT2D eigenvalue weighted by molar-refractivity contribution is -0.118. The van der Waals surface area contributed by atoms with Gasteiger partial charge in [-0.25, -0.2) is 13.4 Å². The van der Waals surface area contributed by atoms with Gasteiger partial charge in [0.1, 0.15) is 4.75 Å². The lowest BCUT2D eigenvalue weighted by atomic mass is 10.0. The summed E-state index contributed by atoms with van der Waals surface area (Å²) in [5.74, 6) is -0.0935. The van der Waals surface area contributed by atoms with Crippen LogP contribution >= 0.6 is 0 Å². The summed E-state index contributed by atoms with van der Waals surface area (Å²) in [7, 11) is -1.94. The Labute approximate surface area is 134 Å². The fourth-order valence-corrected chi connectivity index (χ4v) is 4.61. The van der Waals surface area contributed by atoms with Crippen LogP contribution in [0.25, 0.3) is 10.9 Å². The smallest absolute Gasteiger partial charge is 0.245 e. The minimum atomic E-state index is -3.43. The zero-order valence-corrected chi connectivity index (χ0v) is 13.8. The molecule has 0 bridgehead atoms. The SMILES string of the molecule is COc1cc(NC(=O)C2(C)CCCS2(=O)=O)c2ccccc2n1. The van der Waals surface area contributed by atoms with Crippen LogP contribution in [0, 0.1) is 0 Å². The molecule has 1 unspecified atom stereocenters. The van der Waals surface area contributed by atoms with E-state index in [1.807, 2.05) is 24.3 Å². The fraction of sp³-hybridized carbons (Fsp3) is 0.375. The number of nitrogens with zero attached hydrogens (tertiary/aromatic N) is 1. The molecule has 7 heteroatoms. The van der Waals surface area contributed by atoms with Crippen LogP contribution in [0.3, 0.4) is 0 Å². The van der Waals surface area contributed by atoms with Crippen molar-refractivity contribution < 1.29 is 17.9 Å². The number of carbonyl (C=O) groups is 1. The number of nitrogens with one attached hydrogen (secondary N) is 1. The average Bonchev–Trinajstić information content (AvgIpc) is 2.81. The number of methoxy groups -OCH3 is 1. The first-order valence-electron chi connectivity index (χ1n) is 7.35. The van der Waals surface area contributed by atoms with Crippen LogP contribution in [0.2, 0.25) is 0 Å². The molecule has 1 aliphatic rings. The summed E-state index contributed by atoms with van der Waals surface area (Å²) in [6.07, 6.45) is 0.841. The zero-order valence-electron chi connectivity index (χ0n) is 13.0. The molecule has 1 amide bonds. The summed E-state index contributed by atoms with van der Waals surface area (Å²) in [5, 5.41) is 3.50. The van der Waals surface area contributed by atoms with Crippen molar-refractivity contribution in [1.82, 2.24) is 4.98 Å². The predicted octanol–water partition coefficient (Wildman–Crippen LogP) is 2.15. The van der Waals surface area contributed by atoms with Crippen LogP contribution in [-0.4, -0.2) is 36.9 Å². The quantitative estimate of drug-likeness (QED) is 0.929. The molecule has 0 spiro atoms. The summed E-state index contributed by atoms with van der Waals surface area (Å²) >= 11 is 0. The fourth-order valence-electron chi connectivity index (χ4n) is 2.85. The Morgan fingerprint density at radius 1 is 1.35 bits per heavy atom. The number of carbonyl (C=O) groups excluding carboxylic acids is 1. The van der Waals surface area contributed by atoms with Crippen LogP contribution in [0.5, 0.6) is 5.88 Å². The second kappa shape index (κ2) is 5.49. The number of hydrogen-bond acceptors (Lipinski definition) is 5. The number of fused-ring (bicyclic) bond motifs is 1. The number of ether oxygens (including phenoxy) is 1. The molecular formula is C16H18N2O4S. The maximum absolute atomic E-state index is 12.6. The van der Waals surface area contributed by atoms with Crippen LogP contribution in [0.4, 0.5) is 5.69 Å². The molecule has 2 heterocycles.